The minimum atomic E-state index is -4.82. The summed E-state index contributed by atoms with van der Waals surface area (Å²) in [4.78, 5) is 90.2. The van der Waals surface area contributed by atoms with Gasteiger partial charge in [-0.2, -0.15) is 18.4 Å². The van der Waals surface area contributed by atoms with Gasteiger partial charge in [0.25, 0.3) is 5.91 Å². The van der Waals surface area contributed by atoms with Crippen molar-refractivity contribution in [1.82, 2.24) is 20.5 Å². The maximum absolute atomic E-state index is 14.6. The van der Waals surface area contributed by atoms with Crippen LogP contribution in [0.5, 0.6) is 5.75 Å². The summed E-state index contributed by atoms with van der Waals surface area (Å²) in [6.45, 7) is 17.5. The molecule has 4 aromatic carbocycles. The number of carbonyl (C=O) groups excluding carboxylic acids is 6. The minimum absolute atomic E-state index is 0.00113. The summed E-state index contributed by atoms with van der Waals surface area (Å²) < 4.78 is 86.2. The third-order valence-electron chi connectivity index (χ3n) is 15.1. The Balaban J connectivity index is 0.845. The zero-order valence-corrected chi connectivity index (χ0v) is 56.0. The summed E-state index contributed by atoms with van der Waals surface area (Å²) in [5, 5.41) is 15.1. The molecule has 0 spiro atoms. The van der Waals surface area contributed by atoms with E-state index in [-0.39, 0.29) is 82.3 Å². The zero-order chi connectivity index (χ0) is 68.4. The van der Waals surface area contributed by atoms with Gasteiger partial charge >= 0.3 is 18.1 Å². The number of aromatic nitrogens is 1. The molecule has 7 rings (SSSR count). The molecular formula is C68H82F3N7O14S2. The van der Waals surface area contributed by atoms with Gasteiger partial charge in [0.15, 0.2) is 5.11 Å². The first-order chi connectivity index (χ1) is 44.5. The van der Waals surface area contributed by atoms with Crippen LogP contribution in [0.4, 0.5) is 24.5 Å². The van der Waals surface area contributed by atoms with E-state index in [2.05, 4.69) is 15.6 Å². The van der Waals surface area contributed by atoms with E-state index in [0.717, 1.165) is 49.9 Å². The SMILES string of the molecule is Cc1ncsc1-c1ccc(CNC(=O)[C@@H]2C[C@@H](OC(=O)COCCOCCOCCOCCC(=O)OC(C)(C)C)CN2C(=O)[C@@H](NC(=O)COCCCCOc2ccc(-c3ccc(N4C(=S)N(c5ccc(C#N)c(C(F)(F)F)c5)C(=O)C4(C)C)cc3)cc2)C(C)(C)C)cc1. The second kappa shape index (κ2) is 33.5. The number of esters is 2. The van der Waals surface area contributed by atoms with Gasteiger partial charge in [0.05, 0.1) is 105 Å². The highest BCUT2D eigenvalue weighted by Gasteiger charge is 2.51. The van der Waals surface area contributed by atoms with Crippen LogP contribution in [0.1, 0.15) is 103 Å². The van der Waals surface area contributed by atoms with Crippen LogP contribution in [-0.4, -0.2) is 159 Å². The van der Waals surface area contributed by atoms with Crippen LogP contribution < -0.4 is 25.2 Å². The molecule has 0 unspecified atom stereocenters. The minimum Gasteiger partial charge on any atom is -0.494 e. The highest BCUT2D eigenvalue weighted by molar-refractivity contribution is 7.81. The number of amides is 4. The number of hydrogen-bond acceptors (Lipinski definition) is 18. The average Bonchev–Trinajstić information content (AvgIpc) is 1.59. The van der Waals surface area contributed by atoms with Gasteiger partial charge in [-0.3, -0.25) is 28.9 Å². The third-order valence-corrected chi connectivity index (χ3v) is 16.4. The number of likely N-dealkylation sites (tertiary alicyclic amines) is 1. The lowest BCUT2D eigenvalue weighted by molar-refractivity contribution is -0.156. The molecule has 506 valence electrons. The van der Waals surface area contributed by atoms with E-state index in [1.807, 2.05) is 67.6 Å². The fourth-order valence-electron chi connectivity index (χ4n) is 10.3. The Morgan fingerprint density at radius 1 is 0.755 bits per heavy atom. The summed E-state index contributed by atoms with van der Waals surface area (Å²) >= 11 is 7.23. The normalized spacial score (nSPS) is 16.0. The topological polar surface area (TPSA) is 247 Å². The van der Waals surface area contributed by atoms with Gasteiger partial charge in [0.1, 0.15) is 48.3 Å². The Bertz CT molecular complexity index is 3460. The van der Waals surface area contributed by atoms with Crippen molar-refractivity contribution in [1.29, 1.82) is 5.26 Å². The molecule has 26 heteroatoms. The molecule has 1 aromatic heterocycles. The quantitative estimate of drug-likeness (QED) is 0.0231. The van der Waals surface area contributed by atoms with E-state index in [0.29, 0.717) is 50.7 Å². The number of ether oxygens (including phenoxy) is 8. The van der Waals surface area contributed by atoms with Crippen molar-refractivity contribution >= 4 is 75.6 Å². The molecule has 21 nitrogen and oxygen atoms in total. The number of benzene rings is 4. The van der Waals surface area contributed by atoms with Crippen LogP contribution in [0, 0.1) is 23.7 Å². The number of thiocarbonyl (C=S) groups is 1. The van der Waals surface area contributed by atoms with Crippen molar-refractivity contribution in [2.45, 2.75) is 130 Å². The van der Waals surface area contributed by atoms with E-state index >= 15 is 0 Å². The number of unbranched alkanes of at least 4 members (excludes halogenated alkanes) is 1. The average molecular weight is 1340 g/mol. The maximum Gasteiger partial charge on any atom is 0.417 e. The van der Waals surface area contributed by atoms with Crippen molar-refractivity contribution in [3.05, 3.63) is 119 Å². The second-order valence-electron chi connectivity index (χ2n) is 25.0. The largest absolute Gasteiger partial charge is 0.494 e. The second-order valence-corrected chi connectivity index (χ2v) is 26.2. The summed E-state index contributed by atoms with van der Waals surface area (Å²) in [6.07, 6.45) is -4.40. The van der Waals surface area contributed by atoms with Gasteiger partial charge < -0.3 is 58.3 Å². The summed E-state index contributed by atoms with van der Waals surface area (Å²) in [5.74, 6) is -2.48. The Morgan fingerprint density at radius 2 is 1.34 bits per heavy atom. The van der Waals surface area contributed by atoms with Gasteiger partial charge in [-0.1, -0.05) is 69.3 Å². The molecular weight excluding hydrogens is 1260 g/mol. The first kappa shape index (κ1) is 73.5. The Kier molecular flexibility index (Phi) is 26.2. The number of nitrogens with one attached hydrogen (secondary N) is 2. The van der Waals surface area contributed by atoms with Gasteiger partial charge in [-0.15, -0.1) is 11.3 Å². The standard InChI is InChI=1S/C68H82F3N7O14S2/c1-44-59(94-43-74-44)48-14-12-45(13-15-48)39-73-61(82)55-37-53(91-58(81)42-89-35-34-87-33-32-86-31-30-85-29-26-57(80)92-66(5,6)7)40-76(55)62(83)60(65(2,3)4)75-56(79)41-88-27-10-11-28-90-52-24-19-47(20-25-52)46-16-21-50(22-17-46)78-64(93)77(63(84)67(78,8)9)51-23-18-49(38-72)54(36-51)68(69,70)71/h12-25,36,43,53,55,60H,10-11,26-35,37,39-42H2,1-9H3,(H,73,82)(H,75,79)/t53-,55+,60-/m1/s1. The van der Waals surface area contributed by atoms with E-state index in [1.165, 1.54) is 22.3 Å². The van der Waals surface area contributed by atoms with Gasteiger partial charge in [0.2, 0.25) is 17.7 Å². The van der Waals surface area contributed by atoms with E-state index < -0.39 is 88.3 Å². The number of aryl methyl sites for hydroxylation is 1. The molecule has 2 aliphatic rings. The number of nitriles is 1. The van der Waals surface area contributed by atoms with Gasteiger partial charge in [-0.25, -0.2) is 9.78 Å². The molecule has 2 N–H and O–H groups in total. The number of rotatable bonds is 32. The van der Waals surface area contributed by atoms with Crippen LogP contribution in [0.2, 0.25) is 0 Å². The van der Waals surface area contributed by atoms with Gasteiger partial charge in [-0.05, 0) is 137 Å². The van der Waals surface area contributed by atoms with E-state index in [1.54, 1.807) is 84.0 Å². The lowest BCUT2D eigenvalue weighted by Crippen LogP contribution is -2.58. The molecule has 2 aliphatic heterocycles. The smallest absolute Gasteiger partial charge is 0.417 e. The number of halogens is 3. The monoisotopic (exact) mass is 1340 g/mol. The van der Waals surface area contributed by atoms with Crippen LogP contribution in [-0.2, 0) is 74.6 Å². The summed E-state index contributed by atoms with van der Waals surface area (Å²) in [7, 11) is 0. The number of nitrogens with zero attached hydrogens (tertiary/aromatic N) is 5. The molecule has 3 heterocycles. The van der Waals surface area contributed by atoms with Crippen LogP contribution in [0.3, 0.4) is 0 Å². The number of anilines is 2. The van der Waals surface area contributed by atoms with Gasteiger partial charge in [0, 0.05) is 25.3 Å². The first-order valence-electron chi connectivity index (χ1n) is 30.9. The third kappa shape index (κ3) is 20.8. The molecule has 4 amide bonds. The summed E-state index contributed by atoms with van der Waals surface area (Å²) in [6, 6.07) is 24.8. The highest BCUT2D eigenvalue weighted by atomic mass is 32.1. The molecule has 2 fully saturated rings. The number of carbonyl (C=O) groups is 6. The first-order valence-corrected chi connectivity index (χ1v) is 32.1. The Hall–Kier alpha value is -7.90. The fraction of sp³-hybridized carbons (Fsp3) is 0.485. The van der Waals surface area contributed by atoms with Crippen LogP contribution in [0.25, 0.3) is 21.6 Å². The predicted molar refractivity (Wildman–Crippen MR) is 349 cm³/mol. The van der Waals surface area contributed by atoms with Crippen molar-refractivity contribution in [2.75, 3.05) is 89.0 Å². The van der Waals surface area contributed by atoms with Crippen molar-refractivity contribution in [2.24, 2.45) is 5.41 Å². The molecule has 0 aliphatic carbocycles. The highest BCUT2D eigenvalue weighted by Crippen LogP contribution is 2.41. The summed E-state index contributed by atoms with van der Waals surface area (Å²) in [5.41, 5.74) is 2.31. The Labute approximate surface area is 555 Å². The molecule has 5 aromatic rings. The lowest BCUT2D eigenvalue weighted by atomic mass is 9.85. The Morgan fingerprint density at radius 3 is 1.94 bits per heavy atom. The zero-order valence-electron chi connectivity index (χ0n) is 54.4. The van der Waals surface area contributed by atoms with E-state index in [9.17, 15) is 47.2 Å². The van der Waals surface area contributed by atoms with Crippen LogP contribution in [0.15, 0.2) is 96.5 Å². The number of thiazole rings is 1. The van der Waals surface area contributed by atoms with Crippen LogP contribution >= 0.6 is 23.6 Å². The number of alkyl halides is 3. The molecule has 0 saturated carbocycles. The van der Waals surface area contributed by atoms with Crippen molar-refractivity contribution < 1.29 is 79.8 Å². The molecule has 0 bridgehead atoms. The number of hydrogen-bond donors (Lipinski definition) is 2. The molecule has 0 radical (unpaired) electrons. The molecule has 2 saturated heterocycles. The maximum atomic E-state index is 14.6. The molecule has 94 heavy (non-hydrogen) atoms. The van der Waals surface area contributed by atoms with E-state index in [4.69, 9.17) is 50.1 Å². The molecule has 3 atom stereocenters. The van der Waals surface area contributed by atoms with Crippen molar-refractivity contribution in [3.63, 3.8) is 0 Å². The lowest BCUT2D eigenvalue weighted by Gasteiger charge is -2.35. The van der Waals surface area contributed by atoms with Crippen molar-refractivity contribution in [3.8, 4) is 33.4 Å². The predicted octanol–water partition coefficient (Wildman–Crippen LogP) is 9.93. The fourth-order valence-corrected chi connectivity index (χ4v) is 11.6.